The zero-order valence-corrected chi connectivity index (χ0v) is 10.4. The Morgan fingerprint density at radius 3 is 2.50 bits per heavy atom. The van der Waals surface area contributed by atoms with Crippen molar-refractivity contribution in [3.63, 3.8) is 0 Å². The zero-order valence-electron chi connectivity index (χ0n) is 10.4. The van der Waals surface area contributed by atoms with Gasteiger partial charge in [0.1, 0.15) is 6.61 Å². The quantitative estimate of drug-likeness (QED) is 0.791. The summed E-state index contributed by atoms with van der Waals surface area (Å²) in [5.74, 6) is 1.21. The molecule has 3 unspecified atom stereocenters. The Kier molecular flexibility index (Phi) is 5.62. The summed E-state index contributed by atoms with van der Waals surface area (Å²) in [7, 11) is 1.87. The molecule has 1 aliphatic carbocycles. The van der Waals surface area contributed by atoms with Gasteiger partial charge in [0.25, 0.3) is 6.43 Å². The molecule has 3 atom stereocenters. The van der Waals surface area contributed by atoms with Gasteiger partial charge in [0.2, 0.25) is 0 Å². The molecular formula is C12H23F2NO. The van der Waals surface area contributed by atoms with Crippen LogP contribution in [0.3, 0.4) is 0 Å². The average molecular weight is 235 g/mol. The molecule has 0 radical (unpaired) electrons. The van der Waals surface area contributed by atoms with Crippen molar-refractivity contribution in [3.05, 3.63) is 0 Å². The molecule has 1 N–H and O–H groups in total. The fraction of sp³-hybridized carbons (Fsp3) is 1.00. The number of hydrogen-bond acceptors (Lipinski definition) is 2. The van der Waals surface area contributed by atoms with Crippen LogP contribution in [0, 0.1) is 11.8 Å². The molecule has 4 heteroatoms. The van der Waals surface area contributed by atoms with Crippen molar-refractivity contribution in [2.45, 2.75) is 51.7 Å². The number of hydrogen-bond donors (Lipinski definition) is 1. The lowest BCUT2D eigenvalue weighted by atomic mass is 9.78. The summed E-state index contributed by atoms with van der Waals surface area (Å²) in [4.78, 5) is 0. The molecule has 0 aromatic carbocycles. The van der Waals surface area contributed by atoms with Gasteiger partial charge in [0, 0.05) is 6.04 Å². The van der Waals surface area contributed by atoms with E-state index in [9.17, 15) is 8.78 Å². The van der Waals surface area contributed by atoms with Crippen LogP contribution in [0.5, 0.6) is 0 Å². The van der Waals surface area contributed by atoms with Gasteiger partial charge in [-0.2, -0.15) is 0 Å². The van der Waals surface area contributed by atoms with Crippen LogP contribution in [0.4, 0.5) is 8.78 Å². The van der Waals surface area contributed by atoms with Crippen LogP contribution < -0.4 is 5.32 Å². The molecule has 2 nitrogen and oxygen atoms in total. The predicted molar refractivity (Wildman–Crippen MR) is 60.8 cm³/mol. The van der Waals surface area contributed by atoms with E-state index in [-0.39, 0.29) is 12.1 Å². The molecule has 0 spiro atoms. The van der Waals surface area contributed by atoms with Crippen molar-refractivity contribution < 1.29 is 13.5 Å². The van der Waals surface area contributed by atoms with Crippen LogP contribution in [0.15, 0.2) is 0 Å². The van der Waals surface area contributed by atoms with Gasteiger partial charge in [-0.05, 0) is 38.1 Å². The standard InChI is InChI=1S/C12H23F2NO/c1-8(2)9-4-5-10(15-3)11(6-9)16-7-12(13)14/h8-12,15H,4-7H2,1-3H3. The predicted octanol–water partition coefficient (Wildman–Crippen LogP) is 2.68. The Balaban J connectivity index is 2.46. The van der Waals surface area contributed by atoms with Crippen LogP contribution in [0.1, 0.15) is 33.1 Å². The fourth-order valence-corrected chi connectivity index (χ4v) is 2.48. The number of nitrogens with one attached hydrogen (secondary N) is 1. The van der Waals surface area contributed by atoms with Crippen molar-refractivity contribution in [2.75, 3.05) is 13.7 Å². The highest BCUT2D eigenvalue weighted by atomic mass is 19.3. The van der Waals surface area contributed by atoms with Gasteiger partial charge in [-0.1, -0.05) is 13.8 Å². The minimum Gasteiger partial charge on any atom is -0.371 e. The maximum absolute atomic E-state index is 12.1. The van der Waals surface area contributed by atoms with Gasteiger partial charge < -0.3 is 10.1 Å². The normalized spacial score (nSPS) is 31.3. The second kappa shape index (κ2) is 6.50. The van der Waals surface area contributed by atoms with E-state index in [1.807, 2.05) is 7.05 Å². The van der Waals surface area contributed by atoms with Gasteiger partial charge in [0.15, 0.2) is 0 Å². The second-order valence-electron chi connectivity index (χ2n) is 4.98. The smallest absolute Gasteiger partial charge is 0.261 e. The molecular weight excluding hydrogens is 212 g/mol. The molecule has 1 aliphatic rings. The Labute approximate surface area is 96.7 Å². The highest BCUT2D eigenvalue weighted by Gasteiger charge is 2.31. The largest absolute Gasteiger partial charge is 0.371 e. The Morgan fingerprint density at radius 1 is 1.31 bits per heavy atom. The Bertz CT molecular complexity index is 199. The first-order valence-corrected chi connectivity index (χ1v) is 6.11. The minimum atomic E-state index is -2.36. The van der Waals surface area contributed by atoms with Crippen molar-refractivity contribution in [3.8, 4) is 0 Å². The van der Waals surface area contributed by atoms with E-state index >= 15 is 0 Å². The van der Waals surface area contributed by atoms with E-state index in [1.54, 1.807) is 0 Å². The fourth-order valence-electron chi connectivity index (χ4n) is 2.48. The Hall–Kier alpha value is -0.220. The molecule has 1 rings (SSSR count). The number of halogens is 2. The third kappa shape index (κ3) is 3.98. The summed E-state index contributed by atoms with van der Waals surface area (Å²) in [5, 5.41) is 3.17. The molecule has 1 fully saturated rings. The number of rotatable bonds is 5. The van der Waals surface area contributed by atoms with Crippen LogP contribution in [-0.4, -0.2) is 32.2 Å². The van der Waals surface area contributed by atoms with E-state index < -0.39 is 13.0 Å². The molecule has 0 bridgehead atoms. The molecule has 0 saturated heterocycles. The maximum Gasteiger partial charge on any atom is 0.261 e. The van der Waals surface area contributed by atoms with Gasteiger partial charge in [-0.15, -0.1) is 0 Å². The summed E-state index contributed by atoms with van der Waals surface area (Å²) < 4.78 is 29.6. The maximum atomic E-state index is 12.1. The van der Waals surface area contributed by atoms with E-state index in [4.69, 9.17) is 4.74 Å². The molecule has 0 heterocycles. The molecule has 0 aromatic rings. The summed E-state index contributed by atoms with van der Waals surface area (Å²) in [6.07, 6.45) is 0.665. The second-order valence-corrected chi connectivity index (χ2v) is 4.98. The van der Waals surface area contributed by atoms with Crippen molar-refractivity contribution in [2.24, 2.45) is 11.8 Å². The summed E-state index contributed by atoms with van der Waals surface area (Å²) in [6, 6.07) is 0.230. The first kappa shape index (κ1) is 13.8. The van der Waals surface area contributed by atoms with Crippen LogP contribution in [0.2, 0.25) is 0 Å². The minimum absolute atomic E-state index is 0.0554. The van der Waals surface area contributed by atoms with E-state index in [0.717, 1.165) is 19.3 Å². The van der Waals surface area contributed by atoms with Crippen LogP contribution in [-0.2, 0) is 4.74 Å². The van der Waals surface area contributed by atoms with Gasteiger partial charge in [-0.3, -0.25) is 0 Å². The molecule has 0 aromatic heterocycles. The molecule has 0 amide bonds. The Morgan fingerprint density at radius 2 is 2.00 bits per heavy atom. The zero-order chi connectivity index (χ0) is 12.1. The van der Waals surface area contributed by atoms with E-state index in [1.165, 1.54) is 0 Å². The summed E-state index contributed by atoms with van der Waals surface area (Å²) >= 11 is 0. The van der Waals surface area contributed by atoms with Crippen molar-refractivity contribution in [1.29, 1.82) is 0 Å². The third-order valence-corrected chi connectivity index (χ3v) is 3.58. The lowest BCUT2D eigenvalue weighted by Crippen LogP contribution is -2.45. The third-order valence-electron chi connectivity index (χ3n) is 3.58. The molecule has 16 heavy (non-hydrogen) atoms. The molecule has 0 aliphatic heterocycles. The topological polar surface area (TPSA) is 21.3 Å². The van der Waals surface area contributed by atoms with Gasteiger partial charge >= 0.3 is 0 Å². The van der Waals surface area contributed by atoms with Gasteiger partial charge in [0.05, 0.1) is 6.10 Å². The number of ether oxygens (including phenoxy) is 1. The lowest BCUT2D eigenvalue weighted by Gasteiger charge is -2.37. The summed E-state index contributed by atoms with van der Waals surface area (Å²) in [5.41, 5.74) is 0. The first-order valence-electron chi connectivity index (χ1n) is 6.11. The highest BCUT2D eigenvalue weighted by molar-refractivity contribution is 4.86. The van der Waals surface area contributed by atoms with Crippen molar-refractivity contribution >= 4 is 0 Å². The first-order chi connectivity index (χ1) is 7.54. The van der Waals surface area contributed by atoms with Crippen molar-refractivity contribution in [1.82, 2.24) is 5.32 Å². The monoisotopic (exact) mass is 235 g/mol. The highest BCUT2D eigenvalue weighted by Crippen LogP contribution is 2.31. The van der Waals surface area contributed by atoms with E-state index in [2.05, 4.69) is 19.2 Å². The van der Waals surface area contributed by atoms with Crippen LogP contribution >= 0.6 is 0 Å². The molecule has 96 valence electrons. The SMILES string of the molecule is CNC1CCC(C(C)C)CC1OCC(F)F. The lowest BCUT2D eigenvalue weighted by molar-refractivity contribution is -0.0608. The average Bonchev–Trinajstić information content (AvgIpc) is 2.25. The van der Waals surface area contributed by atoms with Gasteiger partial charge in [-0.25, -0.2) is 8.78 Å². The summed E-state index contributed by atoms with van der Waals surface area (Å²) in [6.45, 7) is 3.94. The van der Waals surface area contributed by atoms with Crippen LogP contribution in [0.25, 0.3) is 0 Å². The number of likely N-dealkylation sites (N-methyl/N-ethyl adjacent to an activating group) is 1. The number of alkyl halides is 2. The van der Waals surface area contributed by atoms with E-state index in [0.29, 0.717) is 11.8 Å². The molecule has 1 saturated carbocycles.